The van der Waals surface area contributed by atoms with Crippen molar-refractivity contribution in [2.45, 2.75) is 38.9 Å². The molecule has 0 spiro atoms. The first-order valence-electron chi connectivity index (χ1n) is 7.60. The van der Waals surface area contributed by atoms with Gasteiger partial charge in [0.25, 0.3) is 0 Å². The second-order valence-electron chi connectivity index (χ2n) is 7.23. The Bertz CT molecular complexity index is 561. The van der Waals surface area contributed by atoms with Gasteiger partial charge in [0.05, 0.1) is 11.8 Å². The zero-order chi connectivity index (χ0) is 17.4. The van der Waals surface area contributed by atoms with E-state index in [0.29, 0.717) is 6.54 Å². The van der Waals surface area contributed by atoms with E-state index in [1.807, 2.05) is 24.3 Å². The molecule has 1 aliphatic heterocycles. The van der Waals surface area contributed by atoms with Gasteiger partial charge in [-0.2, -0.15) is 13.2 Å². The Kier molecular flexibility index (Phi) is 4.76. The highest BCUT2D eigenvalue weighted by Crippen LogP contribution is 2.38. The van der Waals surface area contributed by atoms with Crippen LogP contribution in [0.5, 0.6) is 0 Å². The van der Waals surface area contributed by atoms with E-state index in [0.717, 1.165) is 11.1 Å². The molecule has 128 valence electrons. The van der Waals surface area contributed by atoms with Crippen LogP contribution in [0, 0.1) is 11.8 Å². The summed E-state index contributed by atoms with van der Waals surface area (Å²) in [5.41, 5.74) is 2.06. The molecule has 1 aliphatic rings. The maximum absolute atomic E-state index is 13.0. The van der Waals surface area contributed by atoms with Crippen LogP contribution in [0.1, 0.15) is 31.9 Å². The topological polar surface area (TPSA) is 40.5 Å². The molecule has 1 N–H and O–H groups in total. The zero-order valence-electron chi connectivity index (χ0n) is 13.5. The van der Waals surface area contributed by atoms with Gasteiger partial charge in [-0.3, -0.25) is 9.69 Å². The van der Waals surface area contributed by atoms with Crippen LogP contribution >= 0.6 is 0 Å². The van der Waals surface area contributed by atoms with E-state index in [1.165, 1.54) is 0 Å². The monoisotopic (exact) mass is 329 g/mol. The number of carboxylic acid groups (broad SMARTS) is 1. The molecular formula is C17H22F3NO2. The summed E-state index contributed by atoms with van der Waals surface area (Å²) in [6.45, 7) is 6.28. The van der Waals surface area contributed by atoms with Crippen molar-refractivity contribution < 1.29 is 23.1 Å². The SMILES string of the molecule is CC(C)(C)c1ccc(CN2C[C@@H](C(F)(F)F)[C@H](C(=O)O)C2)cc1. The molecule has 0 radical (unpaired) electrons. The van der Waals surface area contributed by atoms with E-state index >= 15 is 0 Å². The average molecular weight is 329 g/mol. The van der Waals surface area contributed by atoms with Gasteiger partial charge in [0.15, 0.2) is 0 Å². The average Bonchev–Trinajstić information content (AvgIpc) is 2.82. The van der Waals surface area contributed by atoms with Gasteiger partial charge in [0.1, 0.15) is 0 Å². The maximum atomic E-state index is 13.0. The number of halogens is 3. The van der Waals surface area contributed by atoms with Crippen LogP contribution in [0.3, 0.4) is 0 Å². The largest absolute Gasteiger partial charge is 0.481 e. The lowest BCUT2D eigenvalue weighted by Crippen LogP contribution is -2.33. The van der Waals surface area contributed by atoms with Gasteiger partial charge >= 0.3 is 12.1 Å². The van der Waals surface area contributed by atoms with Gasteiger partial charge in [-0.15, -0.1) is 0 Å². The zero-order valence-corrected chi connectivity index (χ0v) is 13.5. The van der Waals surface area contributed by atoms with Crippen molar-refractivity contribution in [1.82, 2.24) is 4.90 Å². The van der Waals surface area contributed by atoms with Crippen LogP contribution in [0.15, 0.2) is 24.3 Å². The van der Waals surface area contributed by atoms with Gasteiger partial charge in [-0.25, -0.2) is 0 Å². The number of likely N-dealkylation sites (tertiary alicyclic amines) is 1. The molecular weight excluding hydrogens is 307 g/mol. The molecule has 1 aromatic carbocycles. The Morgan fingerprint density at radius 3 is 2.13 bits per heavy atom. The summed E-state index contributed by atoms with van der Waals surface area (Å²) < 4.78 is 38.9. The number of benzene rings is 1. The standard InChI is InChI=1S/C17H22F3NO2/c1-16(2,3)12-6-4-11(5-7-12)8-21-9-13(15(22)23)14(10-21)17(18,19)20/h4-7,13-14H,8-10H2,1-3H3,(H,22,23)/t13-,14-/m1/s1. The highest BCUT2D eigenvalue weighted by molar-refractivity contribution is 5.71. The molecule has 0 bridgehead atoms. The van der Waals surface area contributed by atoms with E-state index in [1.54, 1.807) is 4.90 Å². The molecule has 3 nitrogen and oxygen atoms in total. The fourth-order valence-electron chi connectivity index (χ4n) is 2.96. The molecule has 1 aromatic rings. The highest BCUT2D eigenvalue weighted by Gasteiger charge is 2.52. The van der Waals surface area contributed by atoms with Crippen molar-refractivity contribution in [2.24, 2.45) is 11.8 Å². The predicted octanol–water partition coefficient (Wildman–Crippen LogP) is 3.68. The Hall–Kier alpha value is -1.56. The van der Waals surface area contributed by atoms with Crippen molar-refractivity contribution >= 4 is 5.97 Å². The molecule has 1 fully saturated rings. The fraction of sp³-hybridized carbons (Fsp3) is 0.588. The quantitative estimate of drug-likeness (QED) is 0.920. The molecule has 0 amide bonds. The van der Waals surface area contributed by atoms with E-state index in [2.05, 4.69) is 20.8 Å². The number of hydrogen-bond acceptors (Lipinski definition) is 2. The number of carbonyl (C=O) groups is 1. The lowest BCUT2D eigenvalue weighted by Gasteiger charge is -2.21. The van der Waals surface area contributed by atoms with Crippen molar-refractivity contribution in [3.8, 4) is 0 Å². The van der Waals surface area contributed by atoms with Crippen LogP contribution in [0.25, 0.3) is 0 Å². The van der Waals surface area contributed by atoms with Crippen molar-refractivity contribution in [1.29, 1.82) is 0 Å². The molecule has 0 saturated carbocycles. The molecule has 2 atom stereocenters. The summed E-state index contributed by atoms with van der Waals surface area (Å²) in [7, 11) is 0. The first kappa shape index (κ1) is 17.8. The van der Waals surface area contributed by atoms with Crippen LogP contribution < -0.4 is 0 Å². The van der Waals surface area contributed by atoms with Gasteiger partial charge in [-0.05, 0) is 16.5 Å². The summed E-state index contributed by atoms with van der Waals surface area (Å²) in [4.78, 5) is 12.7. The van der Waals surface area contributed by atoms with Crippen LogP contribution in [-0.4, -0.2) is 35.2 Å². The molecule has 0 aromatic heterocycles. The Balaban J connectivity index is 2.08. The van der Waals surface area contributed by atoms with E-state index in [9.17, 15) is 18.0 Å². The number of nitrogens with zero attached hydrogens (tertiary/aromatic N) is 1. The molecule has 0 aliphatic carbocycles. The number of carboxylic acids is 1. The Morgan fingerprint density at radius 1 is 1.17 bits per heavy atom. The fourth-order valence-corrected chi connectivity index (χ4v) is 2.96. The molecule has 1 heterocycles. The summed E-state index contributed by atoms with van der Waals surface area (Å²) >= 11 is 0. The molecule has 23 heavy (non-hydrogen) atoms. The second-order valence-corrected chi connectivity index (χ2v) is 7.23. The molecule has 6 heteroatoms. The van der Waals surface area contributed by atoms with Gasteiger partial charge in [-0.1, -0.05) is 45.0 Å². The first-order valence-corrected chi connectivity index (χ1v) is 7.60. The van der Waals surface area contributed by atoms with Crippen LogP contribution in [0.2, 0.25) is 0 Å². The number of hydrogen-bond donors (Lipinski definition) is 1. The van der Waals surface area contributed by atoms with Crippen molar-refractivity contribution in [3.05, 3.63) is 35.4 Å². The third kappa shape index (κ3) is 4.25. The van der Waals surface area contributed by atoms with Gasteiger partial charge in [0.2, 0.25) is 0 Å². The molecule has 2 rings (SSSR count). The Labute approximate surface area is 134 Å². The lowest BCUT2D eigenvalue weighted by molar-refractivity contribution is -0.188. The third-order valence-corrected chi connectivity index (χ3v) is 4.36. The van der Waals surface area contributed by atoms with Crippen LogP contribution in [-0.2, 0) is 16.8 Å². The smallest absolute Gasteiger partial charge is 0.393 e. The minimum absolute atomic E-state index is 0.0158. The summed E-state index contributed by atoms with van der Waals surface area (Å²) in [6, 6.07) is 7.75. The Morgan fingerprint density at radius 2 is 1.74 bits per heavy atom. The number of alkyl halides is 3. The molecule has 1 saturated heterocycles. The van der Waals surface area contributed by atoms with Crippen molar-refractivity contribution in [2.75, 3.05) is 13.1 Å². The van der Waals surface area contributed by atoms with Gasteiger partial charge in [0, 0.05) is 19.6 Å². The van der Waals surface area contributed by atoms with Gasteiger partial charge < -0.3 is 5.11 Å². The second kappa shape index (κ2) is 6.15. The highest BCUT2D eigenvalue weighted by atomic mass is 19.4. The van der Waals surface area contributed by atoms with E-state index < -0.39 is 24.0 Å². The lowest BCUT2D eigenvalue weighted by atomic mass is 9.87. The normalized spacial score (nSPS) is 23.2. The minimum Gasteiger partial charge on any atom is -0.481 e. The molecule has 0 unspecified atom stereocenters. The summed E-state index contributed by atoms with van der Waals surface area (Å²) in [5.74, 6) is -4.56. The van der Waals surface area contributed by atoms with E-state index in [4.69, 9.17) is 5.11 Å². The van der Waals surface area contributed by atoms with E-state index in [-0.39, 0.29) is 18.5 Å². The number of aliphatic carboxylic acids is 1. The summed E-state index contributed by atoms with van der Waals surface area (Å²) in [6.07, 6.45) is -4.48. The predicted molar refractivity (Wildman–Crippen MR) is 81.1 cm³/mol. The first-order chi connectivity index (χ1) is 10.5. The summed E-state index contributed by atoms with van der Waals surface area (Å²) in [5, 5.41) is 9.03. The van der Waals surface area contributed by atoms with Crippen LogP contribution in [0.4, 0.5) is 13.2 Å². The number of rotatable bonds is 3. The third-order valence-electron chi connectivity index (χ3n) is 4.36. The minimum atomic E-state index is -4.48. The van der Waals surface area contributed by atoms with Crippen molar-refractivity contribution in [3.63, 3.8) is 0 Å². The maximum Gasteiger partial charge on any atom is 0.393 e.